The van der Waals surface area contributed by atoms with Crippen molar-refractivity contribution in [3.05, 3.63) is 81.8 Å². The van der Waals surface area contributed by atoms with Crippen LogP contribution in [0.4, 0.5) is 0 Å². The SMILES string of the molecule is CCOC(=O)C1=C(C=O)C(=C2CC(CO)C(=O)C(c3ccc4[nH]ccc4c3)C2)c2c(OC)c3c(c(CO)c2O1)OC(C1(O)CC=CC2CN(CCCOC)CCC21)C3. The Labute approximate surface area is 337 Å². The van der Waals surface area contributed by atoms with Gasteiger partial charge in [0.05, 0.1) is 43.6 Å². The van der Waals surface area contributed by atoms with E-state index < -0.39 is 42.7 Å². The Kier molecular flexibility index (Phi) is 11.4. The molecule has 8 rings (SSSR count). The van der Waals surface area contributed by atoms with Crippen LogP contribution in [0.1, 0.15) is 67.2 Å². The molecule has 6 atom stereocenters. The summed E-state index contributed by atoms with van der Waals surface area (Å²) in [5, 5.41) is 35.3. The molecule has 2 fully saturated rings. The van der Waals surface area contributed by atoms with Gasteiger partial charge in [0.25, 0.3) is 0 Å². The average molecular weight is 797 g/mol. The normalized spacial score (nSPS) is 28.1. The minimum atomic E-state index is -1.24. The van der Waals surface area contributed by atoms with Crippen LogP contribution < -0.4 is 14.2 Å². The Hall–Kier alpha value is -4.79. The Bertz CT molecular complexity index is 2200. The predicted octanol–water partition coefficient (Wildman–Crippen LogP) is 4.56. The molecular weight excluding hydrogens is 744 g/mol. The monoisotopic (exact) mass is 796 g/mol. The van der Waals surface area contributed by atoms with Crippen LogP contribution in [0.5, 0.6) is 17.2 Å². The molecule has 13 nitrogen and oxygen atoms in total. The molecule has 1 saturated heterocycles. The Morgan fingerprint density at radius 1 is 1.14 bits per heavy atom. The second-order valence-corrected chi connectivity index (χ2v) is 16.1. The number of rotatable bonds is 12. The molecule has 0 amide bonds. The van der Waals surface area contributed by atoms with E-state index in [1.165, 1.54) is 7.11 Å². The highest BCUT2D eigenvalue weighted by Crippen LogP contribution is 2.58. The van der Waals surface area contributed by atoms with Gasteiger partial charge in [-0.3, -0.25) is 9.59 Å². The number of likely N-dealkylation sites (tertiary alicyclic amines) is 1. The number of allylic oxidation sites excluding steroid dienone is 3. The van der Waals surface area contributed by atoms with Crippen molar-refractivity contribution in [3.63, 3.8) is 0 Å². The number of nitrogens with one attached hydrogen (secondary N) is 1. The summed E-state index contributed by atoms with van der Waals surface area (Å²) in [7, 11) is 3.20. The number of carbonyl (C=O) groups excluding carboxylic acids is 3. The topological polar surface area (TPSA) is 177 Å². The minimum absolute atomic E-state index is 0.00660. The third-order valence-electron chi connectivity index (χ3n) is 12.9. The first-order valence-corrected chi connectivity index (χ1v) is 20.3. The summed E-state index contributed by atoms with van der Waals surface area (Å²) < 4.78 is 29.9. The second kappa shape index (κ2) is 16.5. The summed E-state index contributed by atoms with van der Waals surface area (Å²) in [4.78, 5) is 46.5. The third-order valence-corrected chi connectivity index (χ3v) is 12.9. The van der Waals surface area contributed by atoms with E-state index in [4.69, 9.17) is 23.7 Å². The van der Waals surface area contributed by atoms with Crippen molar-refractivity contribution in [1.82, 2.24) is 9.88 Å². The number of benzene rings is 2. The first-order chi connectivity index (χ1) is 28.2. The van der Waals surface area contributed by atoms with E-state index in [0.29, 0.717) is 53.1 Å². The number of aromatic amines is 1. The highest BCUT2D eigenvalue weighted by Gasteiger charge is 2.54. The van der Waals surface area contributed by atoms with Crippen LogP contribution in [-0.2, 0) is 36.9 Å². The highest BCUT2D eigenvalue weighted by molar-refractivity contribution is 6.11. The quantitative estimate of drug-likeness (QED) is 0.0872. The standard InChI is InChI=1S/C45H52N2O11/c1-4-56-44(52)43-32(23-49)37(28-18-29(22-48)39(51)30(19-28)25-8-9-35-26(17-25)10-13-46-35)38-41(55-3)31-20-36(57-40(31)33(24-50)42(38)58-43)45(53)12-5-7-27-21-47(14-6-16-54-2)15-11-34(27)45/h5,7-10,13,17,23,27,29-30,34,36,46,48,50,53H,4,6,11-12,14-16,18-22,24H2,1-3H3. The van der Waals surface area contributed by atoms with Gasteiger partial charge < -0.3 is 48.9 Å². The van der Waals surface area contributed by atoms with Gasteiger partial charge in [-0.25, -0.2) is 4.79 Å². The van der Waals surface area contributed by atoms with Crippen LogP contribution in [0.25, 0.3) is 16.5 Å². The molecule has 2 aliphatic carbocycles. The van der Waals surface area contributed by atoms with Gasteiger partial charge in [0, 0.05) is 73.8 Å². The summed E-state index contributed by atoms with van der Waals surface area (Å²) in [5.41, 5.74) is 2.48. The van der Waals surface area contributed by atoms with E-state index in [9.17, 15) is 29.7 Å². The summed E-state index contributed by atoms with van der Waals surface area (Å²) in [5.74, 6) is -2.13. The van der Waals surface area contributed by atoms with Crippen LogP contribution in [-0.4, -0.2) is 109 Å². The molecule has 13 heteroatoms. The number of methoxy groups -OCH3 is 2. The van der Waals surface area contributed by atoms with Crippen molar-refractivity contribution in [2.24, 2.45) is 17.8 Å². The molecule has 3 aromatic rings. The molecule has 0 radical (unpaired) electrons. The number of H-pyrrole nitrogens is 1. The zero-order valence-electron chi connectivity index (χ0n) is 33.3. The number of piperidine rings is 1. The first kappa shape index (κ1) is 40.0. The average Bonchev–Trinajstić information content (AvgIpc) is 3.90. The number of hydrogen-bond donors (Lipinski definition) is 4. The fourth-order valence-corrected chi connectivity index (χ4v) is 10.2. The van der Waals surface area contributed by atoms with Crippen LogP contribution in [0, 0.1) is 17.8 Å². The lowest BCUT2D eigenvalue weighted by molar-refractivity contribution is -0.141. The van der Waals surface area contributed by atoms with Gasteiger partial charge in [-0.1, -0.05) is 23.8 Å². The van der Waals surface area contributed by atoms with Gasteiger partial charge in [-0.15, -0.1) is 0 Å². The van der Waals surface area contributed by atoms with Gasteiger partial charge in [-0.05, 0) is 80.6 Å². The maximum Gasteiger partial charge on any atom is 0.375 e. The fraction of sp³-hybridized carbons (Fsp3) is 0.489. The molecular formula is C45H52N2O11. The Morgan fingerprint density at radius 2 is 1.98 bits per heavy atom. The number of nitrogens with zero attached hydrogens (tertiary/aromatic N) is 1. The number of ketones is 1. The van der Waals surface area contributed by atoms with Crippen LogP contribution >= 0.6 is 0 Å². The second-order valence-electron chi connectivity index (χ2n) is 16.1. The number of carbonyl (C=O) groups is 3. The lowest BCUT2D eigenvalue weighted by Gasteiger charge is -2.49. The number of hydrogen-bond acceptors (Lipinski definition) is 12. The molecule has 3 aliphatic heterocycles. The first-order valence-electron chi connectivity index (χ1n) is 20.3. The van der Waals surface area contributed by atoms with Gasteiger partial charge >= 0.3 is 5.97 Å². The van der Waals surface area contributed by atoms with E-state index in [0.717, 1.165) is 48.9 Å². The van der Waals surface area contributed by atoms with E-state index in [-0.39, 0.29) is 66.1 Å². The third kappa shape index (κ3) is 6.76. The number of aliphatic hydroxyl groups excluding tert-OH is 2. The molecule has 308 valence electrons. The number of esters is 1. The zero-order chi connectivity index (χ0) is 40.7. The van der Waals surface area contributed by atoms with Crippen molar-refractivity contribution in [3.8, 4) is 17.2 Å². The smallest absolute Gasteiger partial charge is 0.375 e. The summed E-state index contributed by atoms with van der Waals surface area (Å²) in [6.45, 7) is 3.91. The van der Waals surface area contributed by atoms with E-state index in [1.807, 2.05) is 36.5 Å². The molecule has 5 aliphatic rings. The molecule has 4 N–H and O–H groups in total. The number of aldehydes is 1. The van der Waals surface area contributed by atoms with Crippen molar-refractivity contribution in [2.45, 2.75) is 69.7 Å². The molecule has 58 heavy (non-hydrogen) atoms. The Morgan fingerprint density at radius 3 is 2.72 bits per heavy atom. The van der Waals surface area contributed by atoms with Crippen molar-refractivity contribution in [1.29, 1.82) is 0 Å². The summed E-state index contributed by atoms with van der Waals surface area (Å²) >= 11 is 0. The predicted molar refractivity (Wildman–Crippen MR) is 213 cm³/mol. The fourth-order valence-electron chi connectivity index (χ4n) is 10.2. The zero-order valence-corrected chi connectivity index (χ0v) is 33.3. The minimum Gasteiger partial charge on any atom is -0.496 e. The number of fused-ring (bicyclic) bond motifs is 4. The van der Waals surface area contributed by atoms with Crippen LogP contribution in [0.15, 0.2) is 59.5 Å². The molecule has 4 heterocycles. The van der Waals surface area contributed by atoms with Crippen molar-refractivity contribution >= 4 is 34.5 Å². The number of aromatic nitrogens is 1. The van der Waals surface area contributed by atoms with Gasteiger partial charge in [0.1, 0.15) is 34.7 Å². The number of ether oxygens (including phenoxy) is 5. The Balaban J connectivity index is 1.25. The van der Waals surface area contributed by atoms with Crippen LogP contribution in [0.2, 0.25) is 0 Å². The largest absolute Gasteiger partial charge is 0.496 e. The lowest BCUT2D eigenvalue weighted by atomic mass is 9.66. The van der Waals surface area contributed by atoms with Gasteiger partial charge in [0.15, 0.2) is 6.29 Å². The number of aliphatic hydroxyl groups is 3. The van der Waals surface area contributed by atoms with Crippen molar-refractivity contribution in [2.75, 3.05) is 53.7 Å². The maximum atomic E-state index is 14.0. The molecule has 0 spiro atoms. The molecule has 2 aromatic carbocycles. The lowest BCUT2D eigenvalue weighted by Crippen LogP contribution is -2.58. The van der Waals surface area contributed by atoms with E-state index in [2.05, 4.69) is 16.0 Å². The summed E-state index contributed by atoms with van der Waals surface area (Å²) in [6, 6.07) is 7.67. The molecule has 0 bridgehead atoms. The molecule has 1 aromatic heterocycles. The number of Topliss-reactive ketones (excluding diaryl/α,β-unsaturated/α-hetero) is 1. The maximum absolute atomic E-state index is 14.0. The summed E-state index contributed by atoms with van der Waals surface area (Å²) in [6.07, 6.45) is 8.51. The highest BCUT2D eigenvalue weighted by atomic mass is 16.6. The van der Waals surface area contributed by atoms with Crippen LogP contribution in [0.3, 0.4) is 0 Å². The van der Waals surface area contributed by atoms with E-state index >= 15 is 0 Å². The molecule has 1 saturated carbocycles. The van der Waals surface area contributed by atoms with E-state index in [1.54, 1.807) is 14.0 Å². The van der Waals surface area contributed by atoms with Crippen molar-refractivity contribution < 1.29 is 53.4 Å². The van der Waals surface area contributed by atoms with Gasteiger partial charge in [0.2, 0.25) is 5.76 Å². The van der Waals surface area contributed by atoms with Gasteiger partial charge in [-0.2, -0.15) is 0 Å². The molecule has 6 unspecified atom stereocenters.